The van der Waals surface area contributed by atoms with Gasteiger partial charge in [0.15, 0.2) is 16.7 Å². The molecular weight excluding hydrogens is 382 g/mol. The molecule has 1 aliphatic heterocycles. The molecule has 28 heavy (non-hydrogen) atoms. The van der Waals surface area contributed by atoms with Crippen LogP contribution in [0.5, 0.6) is 17.2 Å². The minimum Gasteiger partial charge on any atom is -0.502 e. The Kier molecular flexibility index (Phi) is 5.64. The van der Waals surface area contributed by atoms with Gasteiger partial charge in [0.05, 0.1) is 19.8 Å². The number of thioether (sulfide) groups is 1. The number of benzene rings is 1. The molecule has 0 spiro atoms. The average Bonchev–Trinajstić information content (AvgIpc) is 2.69. The van der Waals surface area contributed by atoms with E-state index in [1.165, 1.54) is 26.0 Å². The molecule has 148 valence electrons. The first-order valence-electron chi connectivity index (χ1n) is 8.50. The first kappa shape index (κ1) is 19.8. The van der Waals surface area contributed by atoms with Crippen molar-refractivity contribution in [2.24, 2.45) is 7.05 Å². The number of fused-ring (bicyclic) bond motifs is 1. The molecule has 1 atom stereocenters. The number of hydrogen-bond acceptors (Lipinski definition) is 7. The number of methoxy groups -OCH3 is 2. The summed E-state index contributed by atoms with van der Waals surface area (Å²) in [6.45, 7) is 3.67. The number of anilines is 1. The second-order valence-electron chi connectivity index (χ2n) is 6.20. The van der Waals surface area contributed by atoms with Crippen molar-refractivity contribution in [1.29, 1.82) is 0 Å². The second kappa shape index (κ2) is 7.97. The summed E-state index contributed by atoms with van der Waals surface area (Å²) < 4.78 is 12.1. The van der Waals surface area contributed by atoms with Crippen LogP contribution in [-0.2, 0) is 11.8 Å². The van der Waals surface area contributed by atoms with Crippen LogP contribution < -0.4 is 20.3 Å². The molecule has 0 unspecified atom stereocenters. The minimum absolute atomic E-state index is 0.0696. The summed E-state index contributed by atoms with van der Waals surface area (Å²) >= 11 is 1.36. The van der Waals surface area contributed by atoms with Crippen LogP contribution in [-0.4, -0.2) is 40.5 Å². The van der Waals surface area contributed by atoms with Crippen LogP contribution in [0.15, 0.2) is 34.7 Å². The molecular formula is C19H21N3O5S. The Bertz CT molecular complexity index is 977. The number of aromatic nitrogens is 2. The van der Waals surface area contributed by atoms with Gasteiger partial charge in [0, 0.05) is 25.1 Å². The van der Waals surface area contributed by atoms with Crippen LogP contribution in [0, 0.1) is 0 Å². The highest BCUT2D eigenvalue weighted by molar-refractivity contribution is 7.99. The maximum absolute atomic E-state index is 12.8. The number of carbonyl (C=O) groups excluding carboxylic acids is 1. The molecule has 0 saturated heterocycles. The maximum Gasteiger partial charge on any atom is 0.279 e. The van der Waals surface area contributed by atoms with Crippen LogP contribution in [0.25, 0.3) is 0 Å². The fraction of sp³-hybridized carbons (Fsp3) is 0.316. The zero-order valence-electron chi connectivity index (χ0n) is 15.8. The normalized spacial score (nSPS) is 15.5. The molecule has 0 bridgehead atoms. The highest BCUT2D eigenvalue weighted by Gasteiger charge is 2.33. The van der Waals surface area contributed by atoms with E-state index in [1.54, 1.807) is 29.8 Å². The molecule has 0 radical (unpaired) electrons. The first-order chi connectivity index (χ1) is 13.4. The SMILES string of the molecule is C=CCSc1nc(=O)c2c(n1C)NC(=O)C[C@@H]2c1cc(OC)c(O)c(OC)c1. The van der Waals surface area contributed by atoms with Crippen molar-refractivity contribution in [1.82, 2.24) is 9.55 Å². The lowest BCUT2D eigenvalue weighted by atomic mass is 9.86. The van der Waals surface area contributed by atoms with Crippen LogP contribution >= 0.6 is 11.8 Å². The van der Waals surface area contributed by atoms with Crippen molar-refractivity contribution in [3.8, 4) is 17.2 Å². The van der Waals surface area contributed by atoms with E-state index in [-0.39, 0.29) is 29.6 Å². The third-order valence-corrected chi connectivity index (χ3v) is 5.56. The summed E-state index contributed by atoms with van der Waals surface area (Å²) in [6, 6.07) is 3.20. The Labute approximate surface area is 166 Å². The molecule has 1 aromatic carbocycles. The molecule has 8 nitrogen and oxygen atoms in total. The number of ether oxygens (including phenoxy) is 2. The first-order valence-corrected chi connectivity index (χ1v) is 9.49. The Morgan fingerprint density at radius 2 is 2.00 bits per heavy atom. The van der Waals surface area contributed by atoms with E-state index in [9.17, 15) is 14.7 Å². The largest absolute Gasteiger partial charge is 0.502 e. The van der Waals surface area contributed by atoms with Gasteiger partial charge >= 0.3 is 0 Å². The van der Waals surface area contributed by atoms with Gasteiger partial charge in [-0.05, 0) is 17.7 Å². The van der Waals surface area contributed by atoms with Gasteiger partial charge in [-0.1, -0.05) is 17.8 Å². The molecule has 1 aromatic heterocycles. The average molecular weight is 403 g/mol. The summed E-state index contributed by atoms with van der Waals surface area (Å²) in [6.07, 6.45) is 1.78. The number of amides is 1. The third-order valence-electron chi connectivity index (χ3n) is 4.54. The van der Waals surface area contributed by atoms with Crippen molar-refractivity contribution in [3.05, 3.63) is 46.3 Å². The molecule has 9 heteroatoms. The zero-order chi connectivity index (χ0) is 20.4. The van der Waals surface area contributed by atoms with E-state index < -0.39 is 11.5 Å². The van der Waals surface area contributed by atoms with Crippen LogP contribution in [0.2, 0.25) is 0 Å². The van der Waals surface area contributed by atoms with Crippen molar-refractivity contribution in [2.75, 3.05) is 25.3 Å². The topological polar surface area (TPSA) is 103 Å². The summed E-state index contributed by atoms with van der Waals surface area (Å²) in [5.41, 5.74) is 0.600. The fourth-order valence-electron chi connectivity index (χ4n) is 3.20. The van der Waals surface area contributed by atoms with E-state index in [0.29, 0.717) is 27.9 Å². The Morgan fingerprint density at radius 1 is 1.36 bits per heavy atom. The summed E-state index contributed by atoms with van der Waals surface area (Å²) in [7, 11) is 4.59. The molecule has 1 amide bonds. The van der Waals surface area contributed by atoms with Gasteiger partial charge in [-0.2, -0.15) is 4.98 Å². The van der Waals surface area contributed by atoms with Crippen molar-refractivity contribution >= 4 is 23.5 Å². The lowest BCUT2D eigenvalue weighted by Gasteiger charge is -2.28. The van der Waals surface area contributed by atoms with E-state index in [2.05, 4.69) is 16.9 Å². The summed E-state index contributed by atoms with van der Waals surface area (Å²) in [4.78, 5) is 29.4. The molecule has 2 N–H and O–H groups in total. The number of phenols is 1. The number of aromatic hydroxyl groups is 1. The molecule has 2 heterocycles. The molecule has 2 aromatic rings. The van der Waals surface area contributed by atoms with Gasteiger partial charge in [-0.3, -0.25) is 9.59 Å². The predicted molar refractivity (Wildman–Crippen MR) is 107 cm³/mol. The third kappa shape index (κ3) is 3.45. The van der Waals surface area contributed by atoms with Crippen LogP contribution in [0.1, 0.15) is 23.5 Å². The number of phenolic OH excluding ortho intramolecular Hbond substituents is 1. The van der Waals surface area contributed by atoms with Gasteiger partial charge in [0.1, 0.15) is 5.82 Å². The number of carbonyl (C=O) groups is 1. The van der Waals surface area contributed by atoms with Crippen LogP contribution in [0.3, 0.4) is 0 Å². The van der Waals surface area contributed by atoms with Gasteiger partial charge in [0.2, 0.25) is 11.7 Å². The molecule has 0 saturated carbocycles. The quantitative estimate of drug-likeness (QED) is 0.433. The number of rotatable bonds is 6. The Balaban J connectivity index is 2.19. The minimum atomic E-state index is -0.545. The van der Waals surface area contributed by atoms with Crippen LogP contribution in [0.4, 0.5) is 5.82 Å². The smallest absolute Gasteiger partial charge is 0.279 e. The number of nitrogens with zero attached hydrogens (tertiary/aromatic N) is 2. The molecule has 1 aliphatic rings. The van der Waals surface area contributed by atoms with Gasteiger partial charge in [-0.25, -0.2) is 0 Å². The predicted octanol–water partition coefficient (Wildman–Crippen LogP) is 2.26. The summed E-state index contributed by atoms with van der Waals surface area (Å²) in [5.74, 6) is 0.495. The fourth-order valence-corrected chi connectivity index (χ4v) is 3.90. The van der Waals surface area contributed by atoms with Crippen molar-refractivity contribution in [2.45, 2.75) is 17.5 Å². The second-order valence-corrected chi connectivity index (χ2v) is 7.19. The molecule has 0 fully saturated rings. The Hall–Kier alpha value is -2.94. The van der Waals surface area contributed by atoms with E-state index >= 15 is 0 Å². The van der Waals surface area contributed by atoms with E-state index in [1.807, 2.05) is 0 Å². The van der Waals surface area contributed by atoms with Gasteiger partial charge < -0.3 is 24.5 Å². The molecule has 0 aliphatic carbocycles. The lowest BCUT2D eigenvalue weighted by Crippen LogP contribution is -2.33. The molecule has 3 rings (SSSR count). The Morgan fingerprint density at radius 3 is 2.57 bits per heavy atom. The van der Waals surface area contributed by atoms with Gasteiger partial charge in [0.25, 0.3) is 5.56 Å². The summed E-state index contributed by atoms with van der Waals surface area (Å²) in [5, 5.41) is 13.4. The zero-order valence-corrected chi connectivity index (χ0v) is 16.6. The van der Waals surface area contributed by atoms with Crippen molar-refractivity contribution < 1.29 is 19.4 Å². The monoisotopic (exact) mass is 403 g/mol. The van der Waals surface area contributed by atoms with Crippen molar-refractivity contribution in [3.63, 3.8) is 0 Å². The highest BCUT2D eigenvalue weighted by atomic mass is 32.2. The standard InChI is InChI=1S/C19H21N3O5S/c1-5-6-28-19-21-18(25)15-11(9-14(23)20-17(15)22(19)2)10-7-12(26-3)16(24)13(8-10)27-4/h5,7-8,11,24H,1,6,9H2,2-4H3,(H,20,23)/t11-/m1/s1. The lowest BCUT2D eigenvalue weighted by molar-refractivity contribution is -0.116. The highest BCUT2D eigenvalue weighted by Crippen LogP contribution is 2.43. The number of nitrogens with one attached hydrogen (secondary N) is 1. The van der Waals surface area contributed by atoms with Gasteiger partial charge in [-0.15, -0.1) is 6.58 Å². The van der Waals surface area contributed by atoms with E-state index in [4.69, 9.17) is 9.47 Å². The maximum atomic E-state index is 12.8. The number of hydrogen-bond donors (Lipinski definition) is 2. The van der Waals surface area contributed by atoms with E-state index in [0.717, 1.165) is 0 Å².